The SMILES string of the molecule is C=C(O)C1=CN2c3c(cc(CCCNCCC(=[OH+])OC)cc3C1=C)OCC2(C)C. The zero-order valence-electron chi connectivity index (χ0n) is 17.5. The number of allylic oxidation sites excluding steroid dienone is 1. The largest absolute Gasteiger partial charge is 0.508 e. The minimum absolute atomic E-state index is 0.0233. The first kappa shape index (κ1) is 21.0. The summed E-state index contributed by atoms with van der Waals surface area (Å²) in [6.07, 6.45) is 4.24. The van der Waals surface area contributed by atoms with E-state index in [4.69, 9.17) is 9.47 Å². The molecule has 0 aliphatic carbocycles. The van der Waals surface area contributed by atoms with Gasteiger partial charge in [0.1, 0.15) is 24.5 Å². The molecule has 3 N–H and O–H groups in total. The number of aryl methyl sites for hydroxylation is 1. The molecule has 1 aromatic carbocycles. The van der Waals surface area contributed by atoms with Crippen molar-refractivity contribution in [2.45, 2.75) is 38.6 Å². The third-order valence-corrected chi connectivity index (χ3v) is 5.40. The third kappa shape index (κ3) is 4.32. The van der Waals surface area contributed by atoms with Crippen LogP contribution in [0.15, 0.2) is 42.8 Å². The smallest absolute Gasteiger partial charge is 0.483 e. The third-order valence-electron chi connectivity index (χ3n) is 5.40. The Labute approximate surface area is 172 Å². The molecule has 6 nitrogen and oxygen atoms in total. The van der Waals surface area contributed by atoms with Gasteiger partial charge in [-0.05, 0) is 56.5 Å². The lowest BCUT2D eigenvalue weighted by molar-refractivity contribution is 0.221. The first-order valence-electron chi connectivity index (χ1n) is 9.93. The van der Waals surface area contributed by atoms with Crippen molar-refractivity contribution < 1.29 is 19.4 Å². The second-order valence-electron chi connectivity index (χ2n) is 8.13. The van der Waals surface area contributed by atoms with E-state index in [1.54, 1.807) is 0 Å². The van der Waals surface area contributed by atoms with Gasteiger partial charge in [-0.2, -0.15) is 0 Å². The van der Waals surface area contributed by atoms with Crippen LogP contribution >= 0.6 is 0 Å². The van der Waals surface area contributed by atoms with Gasteiger partial charge in [0, 0.05) is 23.9 Å². The van der Waals surface area contributed by atoms with Crippen LogP contribution in [0.25, 0.3) is 5.57 Å². The molecule has 6 heteroatoms. The number of hydrogen-bond acceptors (Lipinski definition) is 5. The number of anilines is 1. The Hall–Kier alpha value is -2.73. The van der Waals surface area contributed by atoms with Crippen molar-refractivity contribution in [1.29, 1.82) is 0 Å². The van der Waals surface area contributed by atoms with Gasteiger partial charge >= 0.3 is 5.97 Å². The van der Waals surface area contributed by atoms with Gasteiger partial charge in [0.25, 0.3) is 0 Å². The van der Waals surface area contributed by atoms with E-state index in [0.717, 1.165) is 47.5 Å². The van der Waals surface area contributed by atoms with Crippen LogP contribution in [0.4, 0.5) is 5.69 Å². The van der Waals surface area contributed by atoms with Crippen LogP contribution in [-0.4, -0.2) is 48.2 Å². The molecule has 0 spiro atoms. The fourth-order valence-corrected chi connectivity index (χ4v) is 3.70. The number of nitrogens with one attached hydrogen (secondary N) is 1. The molecular formula is C23H31N2O4+. The van der Waals surface area contributed by atoms with Gasteiger partial charge in [0.15, 0.2) is 7.11 Å². The molecule has 0 aromatic heterocycles. The summed E-state index contributed by atoms with van der Waals surface area (Å²) >= 11 is 0. The van der Waals surface area contributed by atoms with Gasteiger partial charge in [0.05, 0.1) is 11.2 Å². The van der Waals surface area contributed by atoms with Crippen molar-refractivity contribution in [3.8, 4) is 5.75 Å². The van der Waals surface area contributed by atoms with Crippen LogP contribution in [-0.2, 0) is 11.2 Å². The average molecular weight is 400 g/mol. The molecule has 0 atom stereocenters. The first-order chi connectivity index (χ1) is 13.7. The molecule has 3 rings (SSSR count). The predicted molar refractivity (Wildman–Crippen MR) is 117 cm³/mol. The highest BCUT2D eigenvalue weighted by molar-refractivity contribution is 5.94. The molecule has 0 radical (unpaired) electrons. The molecular weight excluding hydrogens is 368 g/mol. The number of carbonyl (C=O) groups excluding carboxylic acids is 1. The molecule has 0 fully saturated rings. The van der Waals surface area contributed by atoms with E-state index in [-0.39, 0.29) is 17.3 Å². The summed E-state index contributed by atoms with van der Waals surface area (Å²) in [7, 11) is 1.46. The van der Waals surface area contributed by atoms with Crippen LogP contribution in [0.2, 0.25) is 0 Å². The van der Waals surface area contributed by atoms with Gasteiger partial charge < -0.3 is 29.6 Å². The van der Waals surface area contributed by atoms with Gasteiger partial charge in [-0.1, -0.05) is 13.2 Å². The standard InChI is InChI=1S/C23H30N2O4/c1-15-18-11-17(7-6-9-24-10-8-21(27)28-5)12-20-22(18)25(13-19(15)16(2)26)23(3,4)14-29-20/h11-13,24,26H,1-2,6-10,14H2,3-5H3/p+1. The van der Waals surface area contributed by atoms with Gasteiger partial charge in [-0.25, -0.2) is 0 Å². The van der Waals surface area contributed by atoms with Crippen LogP contribution in [0.1, 0.15) is 37.8 Å². The zero-order valence-corrected chi connectivity index (χ0v) is 17.5. The predicted octanol–water partition coefficient (Wildman–Crippen LogP) is 3.71. The maximum atomic E-state index is 10.1. The lowest BCUT2D eigenvalue weighted by atomic mass is 9.87. The van der Waals surface area contributed by atoms with Gasteiger partial charge in [-0.15, -0.1) is 0 Å². The highest BCUT2D eigenvalue weighted by atomic mass is 16.5. The number of aliphatic hydroxyl groups excluding tert-OH is 1. The van der Waals surface area contributed by atoms with E-state index in [1.807, 2.05) is 6.20 Å². The van der Waals surface area contributed by atoms with Crippen LogP contribution in [0.5, 0.6) is 5.75 Å². The van der Waals surface area contributed by atoms with Crippen molar-refractivity contribution >= 4 is 17.2 Å². The summed E-state index contributed by atoms with van der Waals surface area (Å²) in [4.78, 5) is 11.5. The molecule has 0 amide bonds. The number of ether oxygens (including phenoxy) is 2. The van der Waals surface area contributed by atoms with E-state index in [1.165, 1.54) is 7.11 Å². The number of aliphatic hydroxyl groups is 1. The van der Waals surface area contributed by atoms with E-state index in [9.17, 15) is 9.90 Å². The normalized spacial score (nSPS) is 16.6. The maximum absolute atomic E-state index is 10.1. The highest BCUT2D eigenvalue weighted by Gasteiger charge is 2.38. The van der Waals surface area contributed by atoms with Crippen LogP contribution < -0.4 is 15.0 Å². The van der Waals surface area contributed by atoms with E-state index in [2.05, 4.69) is 49.4 Å². The number of methoxy groups -OCH3 is 1. The lowest BCUT2D eigenvalue weighted by Gasteiger charge is -2.46. The molecule has 1 aromatic rings. The highest BCUT2D eigenvalue weighted by Crippen LogP contribution is 2.49. The topological polar surface area (TPSA) is 75.4 Å². The summed E-state index contributed by atoms with van der Waals surface area (Å²) in [5.41, 5.74) is 4.33. The lowest BCUT2D eigenvalue weighted by Crippen LogP contribution is -2.50. The second-order valence-corrected chi connectivity index (χ2v) is 8.13. The van der Waals surface area contributed by atoms with E-state index >= 15 is 0 Å². The Kier molecular flexibility index (Phi) is 6.03. The van der Waals surface area contributed by atoms with Crippen molar-refractivity contribution in [3.63, 3.8) is 0 Å². The molecule has 156 valence electrons. The van der Waals surface area contributed by atoms with E-state index in [0.29, 0.717) is 25.1 Å². The summed E-state index contributed by atoms with van der Waals surface area (Å²) < 4.78 is 10.8. The summed E-state index contributed by atoms with van der Waals surface area (Å²) in [5.74, 6) is 0.920. The van der Waals surface area contributed by atoms with Crippen LogP contribution in [0.3, 0.4) is 0 Å². The number of benzene rings is 1. The Morgan fingerprint density at radius 2 is 2.14 bits per heavy atom. The Morgan fingerprint density at radius 3 is 2.83 bits per heavy atom. The number of rotatable bonds is 8. The fourth-order valence-electron chi connectivity index (χ4n) is 3.70. The van der Waals surface area contributed by atoms with Gasteiger partial charge in [0.2, 0.25) is 0 Å². The summed E-state index contributed by atoms with van der Waals surface area (Å²) in [6.45, 7) is 14.2. The molecule has 2 heterocycles. The Balaban J connectivity index is 1.76. The van der Waals surface area contributed by atoms with Gasteiger partial charge in [-0.3, -0.25) is 0 Å². The minimum Gasteiger partial charge on any atom is -0.508 e. The molecule has 0 saturated carbocycles. The molecule has 2 aliphatic rings. The average Bonchev–Trinajstić information content (AvgIpc) is 2.68. The Bertz CT molecular complexity index is 870. The van der Waals surface area contributed by atoms with Crippen molar-refractivity contribution in [2.75, 3.05) is 31.7 Å². The number of hydrogen-bond donors (Lipinski definition) is 2. The molecule has 0 bridgehead atoms. The molecule has 0 unspecified atom stereocenters. The van der Waals surface area contributed by atoms with Crippen molar-refractivity contribution in [2.24, 2.45) is 0 Å². The number of nitrogens with zero attached hydrogens (tertiary/aromatic N) is 1. The zero-order chi connectivity index (χ0) is 21.2. The number of esters is 1. The molecule has 29 heavy (non-hydrogen) atoms. The van der Waals surface area contributed by atoms with E-state index < -0.39 is 0 Å². The summed E-state index contributed by atoms with van der Waals surface area (Å²) in [5, 5.41) is 13.4. The second kappa shape index (κ2) is 8.33. The van der Waals surface area contributed by atoms with Crippen LogP contribution in [0, 0.1) is 0 Å². The van der Waals surface area contributed by atoms with Crippen molar-refractivity contribution in [1.82, 2.24) is 5.32 Å². The molecule has 0 saturated heterocycles. The minimum atomic E-state index is -0.237. The van der Waals surface area contributed by atoms with Crippen molar-refractivity contribution in [3.05, 3.63) is 53.9 Å². The maximum Gasteiger partial charge on any atom is 0.483 e. The first-order valence-corrected chi connectivity index (χ1v) is 9.93. The quantitative estimate of drug-likeness (QED) is 0.302. The summed E-state index contributed by atoms with van der Waals surface area (Å²) in [6, 6.07) is 4.24. The fraction of sp³-hybridized carbons (Fsp3) is 0.435. The Morgan fingerprint density at radius 1 is 1.38 bits per heavy atom. The monoisotopic (exact) mass is 399 g/mol. The molecule has 2 aliphatic heterocycles.